The third kappa shape index (κ3) is 5.61. The molecular weight excluding hydrogens is 192 g/mol. The van der Waals surface area contributed by atoms with Crippen molar-refractivity contribution < 1.29 is 0 Å². The first-order valence-electron chi connectivity index (χ1n) is 5.27. The molecule has 0 fully saturated rings. The monoisotopic (exact) mass is 208 g/mol. The molecule has 2 aromatic carbocycles. The van der Waals surface area contributed by atoms with Crippen LogP contribution >= 0.6 is 0 Å². The van der Waals surface area contributed by atoms with Crippen LogP contribution in [-0.2, 0) is 0 Å². The van der Waals surface area contributed by atoms with Gasteiger partial charge >= 0.3 is 0 Å². The second-order valence-electron chi connectivity index (χ2n) is 3.16. The van der Waals surface area contributed by atoms with Crippen molar-refractivity contribution in [1.82, 2.24) is 0 Å². The lowest BCUT2D eigenvalue weighted by Crippen LogP contribution is -1.65. The zero-order chi connectivity index (χ0) is 11.5. The van der Waals surface area contributed by atoms with E-state index in [1.54, 1.807) is 6.08 Å². The smallest absolute Gasteiger partial charge is 0.0257 e. The zero-order valence-electron chi connectivity index (χ0n) is 9.29. The first-order valence-corrected chi connectivity index (χ1v) is 5.27. The standard InChI is InChI=1S/C10H10.C6H6/c1-2-3-7-10-8-5-4-6-9-10;1-2-4-6-5-3-1/h2-9H,1H2;1-6H. The molecule has 80 valence electrons. The van der Waals surface area contributed by atoms with Crippen LogP contribution in [-0.4, -0.2) is 0 Å². The molecule has 2 rings (SSSR count). The van der Waals surface area contributed by atoms with Crippen LogP contribution < -0.4 is 0 Å². The van der Waals surface area contributed by atoms with Crippen LogP contribution in [0.5, 0.6) is 0 Å². The van der Waals surface area contributed by atoms with E-state index < -0.39 is 0 Å². The Bertz CT molecular complexity index is 372. The van der Waals surface area contributed by atoms with E-state index in [9.17, 15) is 0 Å². The minimum Gasteiger partial charge on any atom is -0.0991 e. The topological polar surface area (TPSA) is 0 Å². The van der Waals surface area contributed by atoms with Crippen molar-refractivity contribution in [2.24, 2.45) is 0 Å². The molecule has 0 nitrogen and oxygen atoms in total. The maximum atomic E-state index is 3.59. The van der Waals surface area contributed by atoms with Gasteiger partial charge in [-0.3, -0.25) is 0 Å². The first kappa shape index (κ1) is 12.0. The molecule has 2 aromatic rings. The predicted octanol–water partition coefficient (Wildman–Crippen LogP) is 4.57. The van der Waals surface area contributed by atoms with E-state index in [0.29, 0.717) is 0 Å². The Morgan fingerprint density at radius 2 is 1.12 bits per heavy atom. The summed E-state index contributed by atoms with van der Waals surface area (Å²) in [7, 11) is 0. The van der Waals surface area contributed by atoms with Crippen LogP contribution in [0.15, 0.2) is 85.5 Å². The van der Waals surface area contributed by atoms with Crippen LogP contribution in [0.25, 0.3) is 6.08 Å². The Kier molecular flexibility index (Phi) is 6.18. The number of hydrogen-bond donors (Lipinski definition) is 0. The number of allylic oxidation sites excluding steroid dienone is 2. The third-order valence-corrected chi connectivity index (χ3v) is 1.89. The van der Waals surface area contributed by atoms with Gasteiger partial charge in [0.15, 0.2) is 0 Å². The summed E-state index contributed by atoms with van der Waals surface area (Å²) in [5, 5.41) is 0. The highest BCUT2D eigenvalue weighted by Crippen LogP contribution is 1.99. The van der Waals surface area contributed by atoms with Gasteiger partial charge in [-0.15, -0.1) is 0 Å². The summed E-state index contributed by atoms with van der Waals surface area (Å²) in [6.07, 6.45) is 5.72. The molecule has 0 bridgehead atoms. The van der Waals surface area contributed by atoms with E-state index in [0.717, 1.165) is 0 Å². The summed E-state index contributed by atoms with van der Waals surface area (Å²) in [6, 6.07) is 22.1. The van der Waals surface area contributed by atoms with Crippen LogP contribution in [0, 0.1) is 0 Å². The normalized spacial score (nSPS) is 9.25. The van der Waals surface area contributed by atoms with Gasteiger partial charge in [-0.1, -0.05) is 91.5 Å². The zero-order valence-corrected chi connectivity index (χ0v) is 9.29. The molecule has 0 saturated carbocycles. The van der Waals surface area contributed by atoms with E-state index in [4.69, 9.17) is 0 Å². The number of benzene rings is 2. The summed E-state index contributed by atoms with van der Waals surface area (Å²) in [4.78, 5) is 0. The largest absolute Gasteiger partial charge is 0.0991 e. The maximum Gasteiger partial charge on any atom is -0.0257 e. The molecule has 0 spiro atoms. The second kappa shape index (κ2) is 8.25. The van der Waals surface area contributed by atoms with Gasteiger partial charge in [0.25, 0.3) is 0 Å². The van der Waals surface area contributed by atoms with Gasteiger partial charge in [0, 0.05) is 0 Å². The minimum absolute atomic E-state index is 1.21. The van der Waals surface area contributed by atoms with Crippen LogP contribution in [0.2, 0.25) is 0 Å². The maximum absolute atomic E-state index is 3.59. The van der Waals surface area contributed by atoms with Crippen LogP contribution in [0.1, 0.15) is 5.56 Å². The van der Waals surface area contributed by atoms with Crippen molar-refractivity contribution in [3.63, 3.8) is 0 Å². The molecule has 0 N–H and O–H groups in total. The Balaban J connectivity index is 0.000000181. The summed E-state index contributed by atoms with van der Waals surface area (Å²) >= 11 is 0. The van der Waals surface area contributed by atoms with Gasteiger partial charge in [-0.05, 0) is 5.56 Å². The Morgan fingerprint density at radius 3 is 1.56 bits per heavy atom. The van der Waals surface area contributed by atoms with Crippen molar-refractivity contribution in [2.75, 3.05) is 0 Å². The molecule has 0 aliphatic carbocycles. The average Bonchev–Trinajstić information content (AvgIpc) is 2.40. The van der Waals surface area contributed by atoms with Gasteiger partial charge in [0.05, 0.1) is 0 Å². The second-order valence-corrected chi connectivity index (χ2v) is 3.16. The molecule has 0 aliphatic heterocycles. The van der Waals surface area contributed by atoms with Crippen LogP contribution in [0.4, 0.5) is 0 Å². The third-order valence-electron chi connectivity index (χ3n) is 1.89. The van der Waals surface area contributed by atoms with Gasteiger partial charge in [-0.2, -0.15) is 0 Å². The fourth-order valence-electron chi connectivity index (χ4n) is 1.13. The van der Waals surface area contributed by atoms with Crippen molar-refractivity contribution in [2.45, 2.75) is 0 Å². The summed E-state index contributed by atoms with van der Waals surface area (Å²) in [5.74, 6) is 0. The van der Waals surface area contributed by atoms with Gasteiger partial charge < -0.3 is 0 Å². The highest BCUT2D eigenvalue weighted by molar-refractivity contribution is 5.50. The number of rotatable bonds is 2. The van der Waals surface area contributed by atoms with Crippen molar-refractivity contribution in [3.05, 3.63) is 91.0 Å². The fraction of sp³-hybridized carbons (Fsp3) is 0. The lowest BCUT2D eigenvalue weighted by molar-refractivity contribution is 1.66. The highest BCUT2D eigenvalue weighted by atomic mass is 13.8. The molecule has 0 atom stereocenters. The Morgan fingerprint density at radius 1 is 0.688 bits per heavy atom. The molecule has 0 heteroatoms. The molecule has 16 heavy (non-hydrogen) atoms. The first-order chi connectivity index (χ1) is 7.93. The fourth-order valence-corrected chi connectivity index (χ4v) is 1.13. The van der Waals surface area contributed by atoms with Crippen molar-refractivity contribution in [3.8, 4) is 0 Å². The van der Waals surface area contributed by atoms with E-state index in [-0.39, 0.29) is 0 Å². The highest BCUT2D eigenvalue weighted by Gasteiger charge is 1.78. The Labute approximate surface area is 97.6 Å². The molecular formula is C16H16. The van der Waals surface area contributed by atoms with E-state index >= 15 is 0 Å². The molecule has 0 aliphatic rings. The van der Waals surface area contributed by atoms with E-state index in [2.05, 4.69) is 18.7 Å². The van der Waals surface area contributed by atoms with Gasteiger partial charge in [-0.25, -0.2) is 0 Å². The lowest BCUT2D eigenvalue weighted by Gasteiger charge is -1.87. The summed E-state index contributed by atoms with van der Waals surface area (Å²) in [5.41, 5.74) is 1.21. The van der Waals surface area contributed by atoms with Gasteiger partial charge in [0.2, 0.25) is 0 Å². The predicted molar refractivity (Wildman–Crippen MR) is 72.1 cm³/mol. The van der Waals surface area contributed by atoms with E-state index in [1.807, 2.05) is 66.7 Å². The van der Waals surface area contributed by atoms with E-state index in [1.165, 1.54) is 5.56 Å². The molecule has 0 aromatic heterocycles. The molecule has 0 heterocycles. The SMILES string of the molecule is C=CC=Cc1ccccc1.c1ccccc1. The van der Waals surface area contributed by atoms with Gasteiger partial charge in [0.1, 0.15) is 0 Å². The summed E-state index contributed by atoms with van der Waals surface area (Å²) in [6.45, 7) is 3.59. The Hall–Kier alpha value is -2.08. The molecule has 0 saturated heterocycles. The van der Waals surface area contributed by atoms with Crippen LogP contribution in [0.3, 0.4) is 0 Å². The summed E-state index contributed by atoms with van der Waals surface area (Å²) < 4.78 is 0. The molecule has 0 amide bonds. The molecule has 0 radical (unpaired) electrons. The minimum atomic E-state index is 1.21. The van der Waals surface area contributed by atoms with Crippen molar-refractivity contribution in [1.29, 1.82) is 0 Å². The lowest BCUT2D eigenvalue weighted by atomic mass is 10.2. The van der Waals surface area contributed by atoms with Crippen molar-refractivity contribution >= 4 is 6.08 Å². The average molecular weight is 208 g/mol. The number of hydrogen-bond acceptors (Lipinski definition) is 0. The molecule has 0 unspecified atom stereocenters. The quantitative estimate of drug-likeness (QED) is 0.634.